The van der Waals surface area contributed by atoms with E-state index in [1.54, 1.807) is 25.1 Å². The Morgan fingerprint density at radius 2 is 1.25 bits per heavy atom. The molecule has 0 saturated carbocycles. The van der Waals surface area contributed by atoms with Crippen molar-refractivity contribution in [1.82, 2.24) is 0 Å². The molecule has 0 unspecified atom stereocenters. The van der Waals surface area contributed by atoms with Crippen molar-refractivity contribution < 1.29 is 24.2 Å². The molecule has 0 aliphatic carbocycles. The molecule has 0 aliphatic rings. The van der Waals surface area contributed by atoms with Gasteiger partial charge in [-0.15, -0.1) is 0 Å². The second-order valence-electron chi connectivity index (χ2n) is 5.74. The van der Waals surface area contributed by atoms with Gasteiger partial charge in [-0.2, -0.15) is 0 Å². The number of hydrogen-bond acceptors (Lipinski definition) is 5. The third-order valence-corrected chi connectivity index (χ3v) is 3.73. The van der Waals surface area contributed by atoms with E-state index in [1.165, 1.54) is 13.8 Å². The van der Waals surface area contributed by atoms with E-state index in [4.69, 9.17) is 9.47 Å². The minimum atomic E-state index is -0.512. The molecule has 2 aromatic carbocycles. The zero-order valence-corrected chi connectivity index (χ0v) is 14.4. The molecule has 126 valence electrons. The van der Waals surface area contributed by atoms with Gasteiger partial charge in [0.15, 0.2) is 11.5 Å². The van der Waals surface area contributed by atoms with Crippen molar-refractivity contribution in [2.45, 2.75) is 34.6 Å². The molecule has 0 fully saturated rings. The highest BCUT2D eigenvalue weighted by molar-refractivity contribution is 5.76. The highest BCUT2D eigenvalue weighted by Crippen LogP contribution is 2.37. The SMILES string of the molecule is CC(=O)Oc1cc(-c2cc(C)c(O)c(OC(C)=O)c2)cc(C)c1C. The van der Waals surface area contributed by atoms with Crippen LogP contribution in [0.3, 0.4) is 0 Å². The first kappa shape index (κ1) is 17.5. The Bertz CT molecular complexity index is 751. The van der Waals surface area contributed by atoms with E-state index in [1.807, 2.05) is 19.9 Å². The molecule has 24 heavy (non-hydrogen) atoms. The fourth-order valence-electron chi connectivity index (χ4n) is 2.40. The number of esters is 2. The summed E-state index contributed by atoms with van der Waals surface area (Å²) in [6, 6.07) is 7.08. The van der Waals surface area contributed by atoms with E-state index in [0.717, 1.165) is 22.3 Å². The first-order valence-electron chi connectivity index (χ1n) is 7.51. The van der Waals surface area contributed by atoms with Crippen LogP contribution in [0.15, 0.2) is 24.3 Å². The van der Waals surface area contributed by atoms with Crippen molar-refractivity contribution in [1.29, 1.82) is 0 Å². The number of carbonyl (C=O) groups excluding carboxylic acids is 2. The van der Waals surface area contributed by atoms with Crippen molar-refractivity contribution in [3.05, 3.63) is 41.0 Å². The number of hydrogen-bond donors (Lipinski definition) is 1. The molecule has 5 nitrogen and oxygen atoms in total. The van der Waals surface area contributed by atoms with Crippen LogP contribution in [-0.2, 0) is 9.59 Å². The second-order valence-corrected chi connectivity index (χ2v) is 5.74. The zero-order valence-electron chi connectivity index (χ0n) is 14.4. The van der Waals surface area contributed by atoms with E-state index in [9.17, 15) is 14.7 Å². The summed E-state index contributed by atoms with van der Waals surface area (Å²) in [6.07, 6.45) is 0. The van der Waals surface area contributed by atoms with Gasteiger partial charge in [0.2, 0.25) is 0 Å². The van der Waals surface area contributed by atoms with Crippen LogP contribution in [0.5, 0.6) is 17.2 Å². The molecule has 0 radical (unpaired) electrons. The van der Waals surface area contributed by atoms with E-state index >= 15 is 0 Å². The fraction of sp³-hybridized carbons (Fsp3) is 0.263. The van der Waals surface area contributed by atoms with Crippen molar-refractivity contribution in [2.24, 2.45) is 0 Å². The molecule has 0 aliphatic heterocycles. The molecule has 0 saturated heterocycles. The fourth-order valence-corrected chi connectivity index (χ4v) is 2.40. The largest absolute Gasteiger partial charge is 0.504 e. The summed E-state index contributed by atoms with van der Waals surface area (Å²) in [7, 11) is 0. The molecular weight excluding hydrogens is 308 g/mol. The summed E-state index contributed by atoms with van der Waals surface area (Å²) in [4.78, 5) is 22.5. The van der Waals surface area contributed by atoms with Crippen molar-refractivity contribution in [3.63, 3.8) is 0 Å². The monoisotopic (exact) mass is 328 g/mol. The van der Waals surface area contributed by atoms with Crippen molar-refractivity contribution in [2.75, 3.05) is 0 Å². The normalized spacial score (nSPS) is 10.4. The van der Waals surface area contributed by atoms with E-state index in [2.05, 4.69) is 0 Å². The molecule has 0 bridgehead atoms. The van der Waals surface area contributed by atoms with Crippen LogP contribution in [0.4, 0.5) is 0 Å². The minimum Gasteiger partial charge on any atom is -0.504 e. The minimum absolute atomic E-state index is 0.0713. The highest BCUT2D eigenvalue weighted by Gasteiger charge is 2.14. The second kappa shape index (κ2) is 6.74. The van der Waals surface area contributed by atoms with Gasteiger partial charge in [-0.05, 0) is 66.8 Å². The summed E-state index contributed by atoms with van der Waals surface area (Å²) in [5.41, 5.74) is 3.97. The lowest BCUT2D eigenvalue weighted by atomic mass is 9.97. The first-order chi connectivity index (χ1) is 11.2. The Morgan fingerprint density at radius 3 is 1.79 bits per heavy atom. The Morgan fingerprint density at radius 1 is 0.792 bits per heavy atom. The summed E-state index contributed by atoms with van der Waals surface area (Å²) >= 11 is 0. The number of aryl methyl sites for hydroxylation is 2. The summed E-state index contributed by atoms with van der Waals surface area (Å²) in [6.45, 7) is 8.15. The first-order valence-corrected chi connectivity index (χ1v) is 7.51. The maximum atomic E-state index is 11.3. The number of phenolic OH excluding ortho intramolecular Hbond substituents is 1. The maximum absolute atomic E-state index is 11.3. The molecule has 0 amide bonds. The molecule has 0 heterocycles. The van der Waals surface area contributed by atoms with Gasteiger partial charge in [0, 0.05) is 13.8 Å². The molecule has 0 atom stereocenters. The summed E-state index contributed by atoms with van der Waals surface area (Å²) < 4.78 is 10.3. The van der Waals surface area contributed by atoms with Gasteiger partial charge in [-0.25, -0.2) is 0 Å². The third kappa shape index (κ3) is 3.74. The van der Waals surface area contributed by atoms with Crippen LogP contribution in [0.1, 0.15) is 30.5 Å². The molecule has 2 aromatic rings. The highest BCUT2D eigenvalue weighted by atomic mass is 16.5. The van der Waals surface area contributed by atoms with Crippen LogP contribution in [0, 0.1) is 20.8 Å². The number of carbonyl (C=O) groups is 2. The number of ether oxygens (including phenoxy) is 2. The quantitative estimate of drug-likeness (QED) is 0.684. The Labute approximate surface area is 140 Å². The number of phenols is 1. The van der Waals surface area contributed by atoms with Gasteiger partial charge in [-0.3, -0.25) is 9.59 Å². The summed E-state index contributed by atoms with van der Waals surface area (Å²) in [5, 5.41) is 10.0. The lowest BCUT2D eigenvalue weighted by molar-refractivity contribution is -0.132. The molecule has 0 spiro atoms. The molecule has 5 heteroatoms. The lowest BCUT2D eigenvalue weighted by Crippen LogP contribution is -2.04. The molecular formula is C19H20O5. The predicted octanol–water partition coefficient (Wildman–Crippen LogP) is 3.84. The Hall–Kier alpha value is -2.82. The number of rotatable bonds is 3. The van der Waals surface area contributed by atoms with Gasteiger partial charge in [0.1, 0.15) is 5.75 Å². The van der Waals surface area contributed by atoms with Gasteiger partial charge in [0.25, 0.3) is 0 Å². The van der Waals surface area contributed by atoms with Gasteiger partial charge >= 0.3 is 11.9 Å². The Balaban J connectivity index is 2.59. The molecule has 1 N–H and O–H groups in total. The average molecular weight is 328 g/mol. The van der Waals surface area contributed by atoms with E-state index in [-0.39, 0.29) is 11.5 Å². The van der Waals surface area contributed by atoms with Gasteiger partial charge < -0.3 is 14.6 Å². The third-order valence-electron chi connectivity index (χ3n) is 3.73. The topological polar surface area (TPSA) is 72.8 Å². The van der Waals surface area contributed by atoms with Crippen LogP contribution in [0.2, 0.25) is 0 Å². The van der Waals surface area contributed by atoms with Crippen molar-refractivity contribution >= 4 is 11.9 Å². The van der Waals surface area contributed by atoms with Crippen LogP contribution in [0.25, 0.3) is 11.1 Å². The Kier molecular flexibility index (Phi) is 4.93. The van der Waals surface area contributed by atoms with Gasteiger partial charge in [0.05, 0.1) is 0 Å². The standard InChI is InChI=1S/C19H20O5/c1-10-6-15(8-17(12(10)3)23-13(4)20)16-7-11(2)19(22)18(9-16)24-14(5)21/h6-9,22H,1-5H3. The van der Waals surface area contributed by atoms with Crippen LogP contribution < -0.4 is 9.47 Å². The van der Waals surface area contributed by atoms with Crippen LogP contribution >= 0.6 is 0 Å². The van der Waals surface area contributed by atoms with E-state index < -0.39 is 11.9 Å². The predicted molar refractivity (Wildman–Crippen MR) is 90.4 cm³/mol. The van der Waals surface area contributed by atoms with Gasteiger partial charge in [-0.1, -0.05) is 6.07 Å². The van der Waals surface area contributed by atoms with E-state index in [0.29, 0.717) is 11.3 Å². The average Bonchev–Trinajstić information content (AvgIpc) is 2.47. The summed E-state index contributed by atoms with van der Waals surface area (Å²) in [5.74, 6) is -0.389. The number of benzene rings is 2. The lowest BCUT2D eigenvalue weighted by Gasteiger charge is -2.14. The van der Waals surface area contributed by atoms with Crippen LogP contribution in [-0.4, -0.2) is 17.0 Å². The smallest absolute Gasteiger partial charge is 0.308 e. The van der Waals surface area contributed by atoms with Crippen molar-refractivity contribution in [3.8, 4) is 28.4 Å². The zero-order chi connectivity index (χ0) is 18.0. The molecule has 0 aromatic heterocycles. The molecule has 2 rings (SSSR count). The maximum Gasteiger partial charge on any atom is 0.308 e. The number of aromatic hydroxyl groups is 1.